The summed E-state index contributed by atoms with van der Waals surface area (Å²) in [5, 5.41) is 1.01. The second-order valence-corrected chi connectivity index (χ2v) is 10.8. The zero-order chi connectivity index (χ0) is 29.3. The molecular weight excluding hydrogens is 536 g/mol. The van der Waals surface area contributed by atoms with Gasteiger partial charge in [0.1, 0.15) is 11.1 Å². The van der Waals surface area contributed by atoms with Crippen LogP contribution in [-0.4, -0.2) is 4.98 Å². The fraction of sp³-hybridized carbons (Fsp3) is 0. The Morgan fingerprint density at radius 3 is 1.59 bits per heavy atom. The Morgan fingerprint density at radius 2 is 0.932 bits per heavy atom. The van der Waals surface area contributed by atoms with Gasteiger partial charge in [0.05, 0.1) is 5.69 Å². The van der Waals surface area contributed by atoms with Crippen LogP contribution < -0.4 is 4.90 Å². The fourth-order valence-electron chi connectivity index (χ4n) is 6.02. The van der Waals surface area contributed by atoms with E-state index in [1.54, 1.807) is 0 Å². The number of hydrogen-bond acceptors (Lipinski definition) is 3. The van der Waals surface area contributed by atoms with E-state index in [-0.39, 0.29) is 0 Å². The molecule has 2 aromatic heterocycles. The highest BCUT2D eigenvalue weighted by Gasteiger charge is 2.20. The Morgan fingerprint density at radius 1 is 0.432 bits per heavy atom. The quantitative estimate of drug-likeness (QED) is 0.201. The SMILES string of the molecule is c1ccc(-c2ccc(N(c3ccc(-c4ccccc4-c4ccccc4)cc3)c3ccnc4c3oc3ccccc34)cc2)cc1. The van der Waals surface area contributed by atoms with Crippen LogP contribution in [0.5, 0.6) is 0 Å². The lowest BCUT2D eigenvalue weighted by atomic mass is 9.94. The second kappa shape index (κ2) is 11.0. The number of anilines is 3. The van der Waals surface area contributed by atoms with Crippen molar-refractivity contribution in [2.24, 2.45) is 0 Å². The smallest absolute Gasteiger partial charge is 0.177 e. The first-order chi connectivity index (χ1) is 21.8. The minimum Gasteiger partial charge on any atom is -0.452 e. The van der Waals surface area contributed by atoms with Crippen molar-refractivity contribution in [3.63, 3.8) is 0 Å². The van der Waals surface area contributed by atoms with Crippen molar-refractivity contribution in [2.45, 2.75) is 0 Å². The molecule has 0 fully saturated rings. The summed E-state index contributed by atoms with van der Waals surface area (Å²) in [6, 6.07) is 57.2. The lowest BCUT2D eigenvalue weighted by Gasteiger charge is -2.26. The van der Waals surface area contributed by atoms with Crippen LogP contribution in [0.15, 0.2) is 174 Å². The molecule has 0 aliphatic heterocycles. The molecule has 6 aromatic carbocycles. The maximum absolute atomic E-state index is 6.45. The van der Waals surface area contributed by atoms with Crippen molar-refractivity contribution < 1.29 is 4.42 Å². The predicted molar refractivity (Wildman–Crippen MR) is 183 cm³/mol. The summed E-state index contributed by atoms with van der Waals surface area (Å²) in [5.74, 6) is 0. The van der Waals surface area contributed by atoms with Crippen LogP contribution in [0.1, 0.15) is 0 Å². The van der Waals surface area contributed by atoms with Crippen molar-refractivity contribution in [1.82, 2.24) is 4.98 Å². The average Bonchev–Trinajstić information content (AvgIpc) is 3.49. The fourth-order valence-corrected chi connectivity index (χ4v) is 6.02. The molecule has 0 N–H and O–H groups in total. The molecule has 2 heterocycles. The molecule has 0 atom stereocenters. The number of para-hydroxylation sites is 1. The van der Waals surface area contributed by atoms with Crippen LogP contribution in [0.4, 0.5) is 17.1 Å². The van der Waals surface area contributed by atoms with Crippen LogP contribution >= 0.6 is 0 Å². The largest absolute Gasteiger partial charge is 0.452 e. The van der Waals surface area contributed by atoms with Gasteiger partial charge in [-0.2, -0.15) is 0 Å². The van der Waals surface area contributed by atoms with Gasteiger partial charge >= 0.3 is 0 Å². The summed E-state index contributed by atoms with van der Waals surface area (Å²) in [6.07, 6.45) is 1.87. The maximum Gasteiger partial charge on any atom is 0.177 e. The first kappa shape index (κ1) is 25.8. The molecule has 44 heavy (non-hydrogen) atoms. The molecule has 208 valence electrons. The van der Waals surface area contributed by atoms with Crippen molar-refractivity contribution in [3.05, 3.63) is 170 Å². The van der Waals surface area contributed by atoms with Gasteiger partial charge in [0.25, 0.3) is 0 Å². The van der Waals surface area contributed by atoms with E-state index in [1.807, 2.05) is 36.5 Å². The first-order valence-electron chi connectivity index (χ1n) is 14.8. The summed E-state index contributed by atoms with van der Waals surface area (Å²) in [6.45, 7) is 0. The summed E-state index contributed by atoms with van der Waals surface area (Å²) in [5.41, 5.74) is 12.6. The Labute approximate surface area is 256 Å². The van der Waals surface area contributed by atoms with E-state index in [1.165, 1.54) is 27.8 Å². The summed E-state index contributed by atoms with van der Waals surface area (Å²) < 4.78 is 6.45. The number of fused-ring (bicyclic) bond motifs is 3. The first-order valence-corrected chi connectivity index (χ1v) is 14.8. The summed E-state index contributed by atoms with van der Waals surface area (Å²) in [4.78, 5) is 6.98. The third-order valence-corrected chi connectivity index (χ3v) is 8.16. The third-order valence-electron chi connectivity index (χ3n) is 8.16. The zero-order valence-corrected chi connectivity index (χ0v) is 24.0. The molecule has 0 saturated carbocycles. The van der Waals surface area contributed by atoms with E-state index in [0.717, 1.165) is 44.7 Å². The van der Waals surface area contributed by atoms with Gasteiger partial charge in [-0.3, -0.25) is 4.98 Å². The van der Waals surface area contributed by atoms with Gasteiger partial charge in [0.2, 0.25) is 0 Å². The molecule has 3 nitrogen and oxygen atoms in total. The van der Waals surface area contributed by atoms with Crippen LogP contribution in [-0.2, 0) is 0 Å². The molecule has 8 aromatic rings. The van der Waals surface area contributed by atoms with Crippen LogP contribution in [0.3, 0.4) is 0 Å². The Kier molecular flexibility index (Phi) is 6.47. The predicted octanol–water partition coefficient (Wildman–Crippen LogP) is 11.5. The van der Waals surface area contributed by atoms with Crippen molar-refractivity contribution in [1.29, 1.82) is 0 Å². The molecule has 0 bridgehead atoms. The molecule has 0 spiro atoms. The zero-order valence-electron chi connectivity index (χ0n) is 24.0. The van der Waals surface area contributed by atoms with E-state index in [9.17, 15) is 0 Å². The third kappa shape index (κ3) is 4.61. The van der Waals surface area contributed by atoms with E-state index in [0.29, 0.717) is 0 Å². The molecule has 0 radical (unpaired) electrons. The number of rotatable bonds is 6. The van der Waals surface area contributed by atoms with Gasteiger partial charge < -0.3 is 9.32 Å². The molecule has 8 rings (SSSR count). The highest BCUT2D eigenvalue weighted by Crippen LogP contribution is 2.42. The highest BCUT2D eigenvalue weighted by molar-refractivity contribution is 6.08. The number of aromatic nitrogens is 1. The van der Waals surface area contributed by atoms with Crippen LogP contribution in [0, 0.1) is 0 Å². The molecule has 3 heteroatoms. The highest BCUT2D eigenvalue weighted by atomic mass is 16.3. The van der Waals surface area contributed by atoms with E-state index < -0.39 is 0 Å². The second-order valence-electron chi connectivity index (χ2n) is 10.8. The Balaban J connectivity index is 1.26. The van der Waals surface area contributed by atoms with Gasteiger partial charge in [-0.25, -0.2) is 0 Å². The molecule has 0 aliphatic carbocycles. The van der Waals surface area contributed by atoms with Crippen molar-refractivity contribution >= 4 is 39.1 Å². The summed E-state index contributed by atoms with van der Waals surface area (Å²) in [7, 11) is 0. The summed E-state index contributed by atoms with van der Waals surface area (Å²) >= 11 is 0. The standard InChI is InChI=1S/C41H28N2O/c1-3-11-29(12-4-1)30-19-23-33(24-20-30)43(38-27-28-42-40-37-17-9-10-18-39(37)44-41(38)40)34-25-21-32(22-26-34)36-16-8-7-15-35(36)31-13-5-2-6-14-31/h1-28H. The minimum absolute atomic E-state index is 0.763. The van der Waals surface area contributed by atoms with Gasteiger partial charge in [-0.15, -0.1) is 0 Å². The topological polar surface area (TPSA) is 29.3 Å². The monoisotopic (exact) mass is 564 g/mol. The van der Waals surface area contributed by atoms with Gasteiger partial charge in [-0.05, 0) is 75.8 Å². The number of furan rings is 1. The van der Waals surface area contributed by atoms with Crippen molar-refractivity contribution in [3.8, 4) is 33.4 Å². The molecule has 0 unspecified atom stereocenters. The van der Waals surface area contributed by atoms with Gasteiger partial charge in [0.15, 0.2) is 5.58 Å². The molecular formula is C41H28N2O. The Hall–Kier alpha value is -5.93. The van der Waals surface area contributed by atoms with Crippen LogP contribution in [0.25, 0.3) is 55.4 Å². The lowest BCUT2D eigenvalue weighted by molar-refractivity contribution is 0.668. The van der Waals surface area contributed by atoms with E-state index in [2.05, 4.69) is 138 Å². The lowest BCUT2D eigenvalue weighted by Crippen LogP contribution is -2.10. The van der Waals surface area contributed by atoms with E-state index in [4.69, 9.17) is 9.40 Å². The Bertz CT molecular complexity index is 2200. The molecule has 0 saturated heterocycles. The number of nitrogens with zero attached hydrogens (tertiary/aromatic N) is 2. The number of hydrogen-bond donors (Lipinski definition) is 0. The maximum atomic E-state index is 6.45. The van der Waals surface area contributed by atoms with Crippen molar-refractivity contribution in [2.75, 3.05) is 4.90 Å². The number of benzene rings is 6. The minimum atomic E-state index is 0.763. The van der Waals surface area contributed by atoms with Gasteiger partial charge in [-0.1, -0.05) is 121 Å². The van der Waals surface area contributed by atoms with E-state index >= 15 is 0 Å². The van der Waals surface area contributed by atoms with Gasteiger partial charge in [0, 0.05) is 23.0 Å². The number of pyridine rings is 1. The van der Waals surface area contributed by atoms with Crippen LogP contribution in [0.2, 0.25) is 0 Å². The molecule has 0 amide bonds. The normalized spacial score (nSPS) is 11.2. The average molecular weight is 565 g/mol. The molecule has 0 aliphatic rings.